The van der Waals surface area contributed by atoms with E-state index < -0.39 is 5.97 Å². The molecule has 2 aromatic heterocycles. The predicted octanol–water partition coefficient (Wildman–Crippen LogP) is 5.01. The van der Waals surface area contributed by atoms with Crippen molar-refractivity contribution in [2.75, 3.05) is 24.5 Å². The fourth-order valence-corrected chi connectivity index (χ4v) is 5.71. The molecular weight excluding hydrogens is 450 g/mol. The Morgan fingerprint density at radius 1 is 1.00 bits per heavy atom. The first kappa shape index (κ1) is 22.7. The van der Waals surface area contributed by atoms with Gasteiger partial charge in [0.1, 0.15) is 0 Å². The molecule has 0 unspecified atom stereocenters. The van der Waals surface area contributed by atoms with Gasteiger partial charge in [0.2, 0.25) is 5.95 Å². The van der Waals surface area contributed by atoms with Crippen molar-refractivity contribution in [1.82, 2.24) is 19.4 Å². The van der Waals surface area contributed by atoms with Crippen LogP contribution in [-0.4, -0.2) is 50.1 Å². The zero-order chi connectivity index (χ0) is 25.0. The number of hydrogen-bond donors (Lipinski definition) is 1. The van der Waals surface area contributed by atoms with E-state index in [0.29, 0.717) is 5.95 Å². The Hall–Kier alpha value is -3.71. The minimum Gasteiger partial charge on any atom is -0.481 e. The maximum absolute atomic E-state index is 12.0. The first-order valence-corrected chi connectivity index (χ1v) is 12.7. The summed E-state index contributed by atoms with van der Waals surface area (Å²) >= 11 is 0. The van der Waals surface area contributed by atoms with E-state index in [4.69, 9.17) is 9.97 Å². The van der Waals surface area contributed by atoms with E-state index in [2.05, 4.69) is 58.5 Å². The molecule has 2 aliphatic rings. The lowest BCUT2D eigenvalue weighted by Gasteiger charge is -2.33. The smallest absolute Gasteiger partial charge is 0.307 e. The van der Waals surface area contributed by atoms with Crippen molar-refractivity contribution in [3.8, 4) is 11.1 Å². The van der Waals surface area contributed by atoms with Gasteiger partial charge in [0.25, 0.3) is 0 Å². The van der Waals surface area contributed by atoms with Crippen molar-refractivity contribution in [2.45, 2.75) is 46.7 Å². The summed E-state index contributed by atoms with van der Waals surface area (Å²) in [5.74, 6) is -0.163. The third kappa shape index (κ3) is 3.75. The number of rotatable bonds is 6. The standard InChI is InChI=1S/C29H31N5O2/c1-18-5-7-22(8-6-18)26-23(14-25(35)36)20(3)27-28-24(26)13-19(2)33(28)11-12-34(27)29-30-15-21(16-31-29)17-32-9-4-10-32/h5-8,13,15-16H,4,9-12,14,17H2,1-3H3,(H,35,36). The second-order valence-electron chi connectivity index (χ2n) is 10.1. The molecule has 0 radical (unpaired) electrons. The summed E-state index contributed by atoms with van der Waals surface area (Å²) in [4.78, 5) is 26.1. The van der Waals surface area contributed by atoms with Crippen LogP contribution >= 0.6 is 0 Å². The lowest BCUT2D eigenvalue weighted by molar-refractivity contribution is -0.136. The van der Waals surface area contributed by atoms with Gasteiger partial charge in [-0.15, -0.1) is 0 Å². The van der Waals surface area contributed by atoms with Crippen molar-refractivity contribution in [2.24, 2.45) is 0 Å². The monoisotopic (exact) mass is 481 g/mol. The van der Waals surface area contributed by atoms with Crippen LogP contribution in [0.2, 0.25) is 0 Å². The second-order valence-corrected chi connectivity index (χ2v) is 10.1. The fourth-order valence-electron chi connectivity index (χ4n) is 5.71. The van der Waals surface area contributed by atoms with Crippen LogP contribution in [0.4, 0.5) is 11.6 Å². The highest BCUT2D eigenvalue weighted by Crippen LogP contribution is 2.46. The summed E-state index contributed by atoms with van der Waals surface area (Å²) in [7, 11) is 0. The van der Waals surface area contributed by atoms with Crippen molar-refractivity contribution in [3.05, 3.63) is 70.7 Å². The Bertz CT molecular complexity index is 1470. The van der Waals surface area contributed by atoms with Gasteiger partial charge in [-0.1, -0.05) is 29.8 Å². The quantitative estimate of drug-likeness (QED) is 0.417. The number of likely N-dealkylation sites (tertiary alicyclic amines) is 1. The van der Waals surface area contributed by atoms with Gasteiger partial charge in [-0.25, -0.2) is 9.97 Å². The largest absolute Gasteiger partial charge is 0.481 e. The number of anilines is 2. The van der Waals surface area contributed by atoms with E-state index in [9.17, 15) is 9.90 Å². The lowest BCUT2D eigenvalue weighted by Crippen LogP contribution is -2.36. The molecule has 0 aliphatic carbocycles. The molecule has 0 amide bonds. The zero-order valence-corrected chi connectivity index (χ0v) is 21.1. The number of carbonyl (C=O) groups is 1. The van der Waals surface area contributed by atoms with Crippen LogP contribution in [0.25, 0.3) is 22.0 Å². The van der Waals surface area contributed by atoms with Crippen LogP contribution in [0.3, 0.4) is 0 Å². The van der Waals surface area contributed by atoms with Crippen LogP contribution in [0.15, 0.2) is 42.7 Å². The number of aryl methyl sites for hydroxylation is 2. The first-order chi connectivity index (χ1) is 17.4. The molecule has 0 saturated carbocycles. The molecule has 0 atom stereocenters. The van der Waals surface area contributed by atoms with Crippen molar-refractivity contribution in [3.63, 3.8) is 0 Å². The summed E-state index contributed by atoms with van der Waals surface area (Å²) in [5, 5.41) is 11.0. The Morgan fingerprint density at radius 2 is 1.72 bits per heavy atom. The summed E-state index contributed by atoms with van der Waals surface area (Å²) in [6.07, 6.45) is 5.10. The summed E-state index contributed by atoms with van der Waals surface area (Å²) in [6.45, 7) is 11.0. The lowest BCUT2D eigenvalue weighted by atomic mass is 9.88. The third-order valence-corrected chi connectivity index (χ3v) is 7.68. The van der Waals surface area contributed by atoms with Crippen molar-refractivity contribution in [1.29, 1.82) is 0 Å². The van der Waals surface area contributed by atoms with E-state index in [1.54, 1.807) is 0 Å². The molecule has 0 spiro atoms. The van der Waals surface area contributed by atoms with E-state index in [-0.39, 0.29) is 6.42 Å². The van der Waals surface area contributed by atoms with E-state index in [0.717, 1.165) is 77.1 Å². The molecule has 1 fully saturated rings. The van der Waals surface area contributed by atoms with Gasteiger partial charge in [0, 0.05) is 48.7 Å². The highest BCUT2D eigenvalue weighted by Gasteiger charge is 2.30. The molecule has 4 heterocycles. The molecule has 184 valence electrons. The SMILES string of the molecule is Cc1ccc(-c2c(CC(=O)O)c(C)c3c4c2cc(C)n4CCN3c2ncc(CN3CCC3)cn2)cc1. The Labute approximate surface area is 211 Å². The Morgan fingerprint density at radius 3 is 2.36 bits per heavy atom. The molecular formula is C29H31N5O2. The number of aliphatic carboxylic acids is 1. The molecule has 1 saturated heterocycles. The molecule has 7 heteroatoms. The Balaban J connectivity index is 1.53. The molecule has 0 bridgehead atoms. The molecule has 2 aromatic carbocycles. The molecule has 7 nitrogen and oxygen atoms in total. The first-order valence-electron chi connectivity index (χ1n) is 12.7. The van der Waals surface area contributed by atoms with Crippen LogP contribution in [-0.2, 0) is 24.3 Å². The summed E-state index contributed by atoms with van der Waals surface area (Å²) in [5.41, 5.74) is 9.53. The van der Waals surface area contributed by atoms with E-state index in [1.165, 1.54) is 17.7 Å². The van der Waals surface area contributed by atoms with Crippen LogP contribution in [0.1, 0.15) is 34.4 Å². The average molecular weight is 482 g/mol. The third-order valence-electron chi connectivity index (χ3n) is 7.68. The van der Waals surface area contributed by atoms with E-state index in [1.807, 2.05) is 19.3 Å². The average Bonchev–Trinajstić information content (AvgIpc) is 3.17. The number of hydrogen-bond acceptors (Lipinski definition) is 5. The van der Waals surface area contributed by atoms with Gasteiger partial charge in [-0.05, 0) is 68.6 Å². The van der Waals surface area contributed by atoms with Gasteiger partial charge < -0.3 is 14.6 Å². The molecule has 36 heavy (non-hydrogen) atoms. The number of nitrogens with zero attached hydrogens (tertiary/aromatic N) is 5. The molecule has 4 aromatic rings. The minimum absolute atomic E-state index is 0.0360. The predicted molar refractivity (Wildman–Crippen MR) is 142 cm³/mol. The van der Waals surface area contributed by atoms with Crippen molar-refractivity contribution >= 4 is 28.5 Å². The Kier molecular flexibility index (Phi) is 5.52. The zero-order valence-electron chi connectivity index (χ0n) is 21.1. The normalized spacial score (nSPS) is 15.4. The number of benzene rings is 2. The highest BCUT2D eigenvalue weighted by molar-refractivity contribution is 6.08. The van der Waals surface area contributed by atoms with Gasteiger partial charge in [-0.2, -0.15) is 0 Å². The number of aromatic nitrogens is 3. The van der Waals surface area contributed by atoms with Gasteiger partial charge in [-0.3, -0.25) is 9.69 Å². The van der Waals surface area contributed by atoms with Crippen molar-refractivity contribution < 1.29 is 9.90 Å². The van der Waals surface area contributed by atoms with Gasteiger partial charge in [0.15, 0.2) is 0 Å². The molecule has 1 N–H and O–H groups in total. The van der Waals surface area contributed by atoms with Gasteiger partial charge in [0.05, 0.1) is 17.6 Å². The molecule has 2 aliphatic heterocycles. The van der Waals surface area contributed by atoms with Crippen LogP contribution in [0, 0.1) is 20.8 Å². The van der Waals surface area contributed by atoms with E-state index >= 15 is 0 Å². The summed E-state index contributed by atoms with van der Waals surface area (Å²) in [6, 6.07) is 10.6. The highest BCUT2D eigenvalue weighted by atomic mass is 16.4. The summed E-state index contributed by atoms with van der Waals surface area (Å²) < 4.78 is 2.36. The number of carboxylic acid groups (broad SMARTS) is 1. The van der Waals surface area contributed by atoms with Crippen LogP contribution < -0.4 is 4.90 Å². The minimum atomic E-state index is -0.830. The van der Waals surface area contributed by atoms with Crippen LogP contribution in [0.5, 0.6) is 0 Å². The topological polar surface area (TPSA) is 74.5 Å². The second kappa shape index (κ2) is 8.75. The maximum Gasteiger partial charge on any atom is 0.307 e. The van der Waals surface area contributed by atoms with Gasteiger partial charge >= 0.3 is 5.97 Å². The molecule has 6 rings (SSSR count). The maximum atomic E-state index is 12.0. The number of carboxylic acids is 1. The fraction of sp³-hybridized carbons (Fsp3) is 0.345.